The van der Waals surface area contributed by atoms with E-state index in [4.69, 9.17) is 15.0 Å². The molecule has 1 saturated heterocycles. The van der Waals surface area contributed by atoms with Crippen molar-refractivity contribution in [3.8, 4) is 0 Å². The lowest BCUT2D eigenvalue weighted by Crippen LogP contribution is -2.44. The molecule has 1 aliphatic heterocycles. The lowest BCUT2D eigenvalue weighted by molar-refractivity contribution is 0.0285. The van der Waals surface area contributed by atoms with Crippen LogP contribution < -0.4 is 11.3 Å². The van der Waals surface area contributed by atoms with Crippen LogP contribution in [0.25, 0.3) is 0 Å². The molecule has 21 heavy (non-hydrogen) atoms. The van der Waals surface area contributed by atoms with Gasteiger partial charge >= 0.3 is 6.09 Å². The molecule has 6 heteroatoms. The zero-order valence-electron chi connectivity index (χ0n) is 13.0. The molecule has 1 amide bonds. The minimum atomic E-state index is -0.461. The SMILES string of the molecule is CC(C)(C)OC(=O)N1CCC(C(Cc2ccoc2)NN)C1. The summed E-state index contributed by atoms with van der Waals surface area (Å²) in [6.45, 7) is 7.01. The molecule has 2 rings (SSSR count). The van der Waals surface area contributed by atoms with E-state index in [0.29, 0.717) is 19.0 Å². The van der Waals surface area contributed by atoms with Gasteiger partial charge in [-0.05, 0) is 51.2 Å². The third kappa shape index (κ3) is 4.47. The fourth-order valence-electron chi connectivity index (χ4n) is 2.63. The second-order valence-electron chi connectivity index (χ2n) is 6.58. The number of hydrogen-bond acceptors (Lipinski definition) is 5. The molecule has 0 aromatic carbocycles. The first-order valence-electron chi connectivity index (χ1n) is 7.34. The molecule has 6 nitrogen and oxygen atoms in total. The van der Waals surface area contributed by atoms with E-state index in [1.54, 1.807) is 17.4 Å². The van der Waals surface area contributed by atoms with E-state index < -0.39 is 5.60 Å². The number of nitrogens with zero attached hydrogens (tertiary/aromatic N) is 1. The van der Waals surface area contributed by atoms with Crippen molar-refractivity contribution in [3.63, 3.8) is 0 Å². The molecule has 2 atom stereocenters. The number of nitrogens with two attached hydrogens (primary N) is 1. The molecular weight excluding hydrogens is 270 g/mol. The fraction of sp³-hybridized carbons (Fsp3) is 0.667. The summed E-state index contributed by atoms with van der Waals surface area (Å²) in [4.78, 5) is 13.8. The van der Waals surface area contributed by atoms with Crippen LogP contribution in [0.3, 0.4) is 0 Å². The largest absolute Gasteiger partial charge is 0.472 e. The predicted molar refractivity (Wildman–Crippen MR) is 79.4 cm³/mol. The van der Waals surface area contributed by atoms with Crippen LogP contribution >= 0.6 is 0 Å². The third-order valence-corrected chi connectivity index (χ3v) is 3.70. The molecule has 118 valence electrons. The molecular formula is C15H25N3O3. The van der Waals surface area contributed by atoms with Gasteiger partial charge in [-0.25, -0.2) is 4.79 Å². The number of amides is 1. The normalized spacial score (nSPS) is 20.6. The van der Waals surface area contributed by atoms with Crippen molar-refractivity contribution in [3.05, 3.63) is 24.2 Å². The Morgan fingerprint density at radius 2 is 2.38 bits per heavy atom. The molecule has 1 aliphatic rings. The maximum absolute atomic E-state index is 12.1. The number of rotatable bonds is 4. The van der Waals surface area contributed by atoms with Gasteiger partial charge in [-0.2, -0.15) is 0 Å². The summed E-state index contributed by atoms with van der Waals surface area (Å²) in [6.07, 6.45) is 4.85. The van der Waals surface area contributed by atoms with Crippen molar-refractivity contribution in [2.45, 2.75) is 45.3 Å². The second kappa shape index (κ2) is 6.49. The minimum absolute atomic E-state index is 0.120. The lowest BCUT2D eigenvalue weighted by atomic mass is 9.94. The number of carbonyl (C=O) groups excluding carboxylic acids is 1. The Bertz CT molecular complexity index is 453. The van der Waals surface area contributed by atoms with Crippen LogP contribution in [0.1, 0.15) is 32.8 Å². The summed E-state index contributed by atoms with van der Waals surface area (Å²) >= 11 is 0. The quantitative estimate of drug-likeness (QED) is 0.655. The number of furan rings is 1. The van der Waals surface area contributed by atoms with Crippen LogP contribution in [0.2, 0.25) is 0 Å². The number of hydrogen-bond donors (Lipinski definition) is 2. The van der Waals surface area contributed by atoms with Crippen molar-refractivity contribution in [2.75, 3.05) is 13.1 Å². The van der Waals surface area contributed by atoms with Gasteiger partial charge in [0, 0.05) is 19.1 Å². The van der Waals surface area contributed by atoms with Crippen molar-refractivity contribution >= 4 is 6.09 Å². The Kier molecular flexibility index (Phi) is 4.90. The van der Waals surface area contributed by atoms with E-state index >= 15 is 0 Å². The Hall–Kier alpha value is -1.53. The summed E-state index contributed by atoms with van der Waals surface area (Å²) in [6, 6.07) is 2.06. The van der Waals surface area contributed by atoms with E-state index in [1.807, 2.05) is 26.8 Å². The minimum Gasteiger partial charge on any atom is -0.472 e. The third-order valence-electron chi connectivity index (χ3n) is 3.70. The number of nitrogens with one attached hydrogen (secondary N) is 1. The molecule has 0 radical (unpaired) electrons. The molecule has 3 N–H and O–H groups in total. The average molecular weight is 295 g/mol. The Morgan fingerprint density at radius 1 is 1.62 bits per heavy atom. The smallest absolute Gasteiger partial charge is 0.410 e. The second-order valence-corrected chi connectivity index (χ2v) is 6.58. The molecule has 0 spiro atoms. The van der Waals surface area contributed by atoms with Gasteiger partial charge < -0.3 is 14.1 Å². The Balaban J connectivity index is 1.89. The first-order chi connectivity index (χ1) is 9.89. The van der Waals surface area contributed by atoms with Crippen LogP contribution in [-0.2, 0) is 11.2 Å². The number of ether oxygens (including phenoxy) is 1. The number of likely N-dealkylation sites (tertiary alicyclic amines) is 1. The number of carbonyl (C=O) groups is 1. The maximum atomic E-state index is 12.1. The molecule has 1 aromatic rings. The highest BCUT2D eigenvalue weighted by Gasteiger charge is 2.33. The summed E-state index contributed by atoms with van der Waals surface area (Å²) in [5, 5.41) is 0. The Morgan fingerprint density at radius 3 is 2.95 bits per heavy atom. The summed E-state index contributed by atoms with van der Waals surface area (Å²) < 4.78 is 10.5. The molecule has 0 saturated carbocycles. The van der Waals surface area contributed by atoms with Gasteiger partial charge in [-0.15, -0.1) is 0 Å². The van der Waals surface area contributed by atoms with Gasteiger partial charge in [0.25, 0.3) is 0 Å². The van der Waals surface area contributed by atoms with Crippen LogP contribution in [0.15, 0.2) is 23.0 Å². The molecule has 1 aromatic heterocycles. The van der Waals surface area contributed by atoms with Gasteiger partial charge in [-0.3, -0.25) is 11.3 Å². The van der Waals surface area contributed by atoms with E-state index in [2.05, 4.69) is 5.43 Å². The van der Waals surface area contributed by atoms with Crippen LogP contribution in [0.5, 0.6) is 0 Å². The number of hydrazine groups is 1. The van der Waals surface area contributed by atoms with Crippen molar-refractivity contribution in [1.82, 2.24) is 10.3 Å². The average Bonchev–Trinajstić information content (AvgIpc) is 3.05. The van der Waals surface area contributed by atoms with Gasteiger partial charge in [-0.1, -0.05) is 0 Å². The van der Waals surface area contributed by atoms with Crippen LogP contribution in [-0.4, -0.2) is 35.7 Å². The van der Waals surface area contributed by atoms with Crippen molar-refractivity contribution < 1.29 is 13.9 Å². The summed E-state index contributed by atoms with van der Waals surface area (Å²) in [5.41, 5.74) is 3.51. The summed E-state index contributed by atoms with van der Waals surface area (Å²) in [5.74, 6) is 5.99. The summed E-state index contributed by atoms with van der Waals surface area (Å²) in [7, 11) is 0. The van der Waals surface area contributed by atoms with Crippen LogP contribution in [0, 0.1) is 5.92 Å². The monoisotopic (exact) mass is 295 g/mol. The predicted octanol–water partition coefficient (Wildman–Crippen LogP) is 1.91. The van der Waals surface area contributed by atoms with Crippen molar-refractivity contribution in [1.29, 1.82) is 0 Å². The lowest BCUT2D eigenvalue weighted by Gasteiger charge is -2.26. The fourth-order valence-corrected chi connectivity index (χ4v) is 2.63. The molecule has 1 fully saturated rings. The van der Waals surface area contributed by atoms with Gasteiger partial charge in [0.2, 0.25) is 0 Å². The molecule has 0 aliphatic carbocycles. The molecule has 2 heterocycles. The van der Waals surface area contributed by atoms with E-state index in [-0.39, 0.29) is 12.1 Å². The van der Waals surface area contributed by atoms with E-state index in [1.165, 1.54) is 0 Å². The highest BCUT2D eigenvalue weighted by molar-refractivity contribution is 5.68. The Labute approximate surface area is 125 Å². The van der Waals surface area contributed by atoms with E-state index in [0.717, 1.165) is 18.4 Å². The zero-order valence-corrected chi connectivity index (χ0v) is 13.0. The maximum Gasteiger partial charge on any atom is 0.410 e. The first-order valence-corrected chi connectivity index (χ1v) is 7.34. The van der Waals surface area contributed by atoms with Gasteiger partial charge in [0.15, 0.2) is 0 Å². The van der Waals surface area contributed by atoms with Crippen molar-refractivity contribution in [2.24, 2.45) is 11.8 Å². The molecule has 0 bridgehead atoms. The van der Waals surface area contributed by atoms with Crippen LogP contribution in [0.4, 0.5) is 4.79 Å². The topological polar surface area (TPSA) is 80.7 Å². The zero-order chi connectivity index (χ0) is 15.5. The first kappa shape index (κ1) is 15.9. The highest BCUT2D eigenvalue weighted by Crippen LogP contribution is 2.23. The standard InChI is InChI=1S/C15H25N3O3/c1-15(2,3)21-14(19)18-6-4-12(9-18)13(17-16)8-11-5-7-20-10-11/h5,7,10,12-13,17H,4,6,8-9,16H2,1-3H3. The highest BCUT2D eigenvalue weighted by atomic mass is 16.6. The van der Waals surface area contributed by atoms with E-state index in [9.17, 15) is 4.79 Å². The van der Waals surface area contributed by atoms with Gasteiger partial charge in [0.1, 0.15) is 5.60 Å². The molecule has 2 unspecified atom stereocenters. The van der Waals surface area contributed by atoms with Gasteiger partial charge in [0.05, 0.1) is 12.5 Å².